The highest BCUT2D eigenvalue weighted by Gasteiger charge is 2.23. The van der Waals surface area contributed by atoms with E-state index in [0.717, 1.165) is 12.8 Å². The average Bonchev–Trinajstić information content (AvgIpc) is 2.81. The summed E-state index contributed by atoms with van der Waals surface area (Å²) in [5, 5.41) is 11.8. The first-order chi connectivity index (χ1) is 6.18. The lowest BCUT2D eigenvalue weighted by Crippen LogP contribution is -2.25. The maximum atomic E-state index is 11.2. The number of rotatable bonds is 6. The largest absolute Gasteiger partial charge is 0.393 e. The first-order valence-corrected chi connectivity index (χ1v) is 5.13. The Morgan fingerprint density at radius 1 is 1.62 bits per heavy atom. The summed E-state index contributed by atoms with van der Waals surface area (Å²) in [7, 11) is 0. The van der Waals surface area contributed by atoms with Gasteiger partial charge in [0.25, 0.3) is 0 Å². The molecule has 1 aliphatic rings. The first-order valence-electron chi connectivity index (χ1n) is 5.13. The minimum Gasteiger partial charge on any atom is -0.393 e. The Bertz CT molecular complexity index is 164. The number of nitrogens with one attached hydrogen (secondary N) is 1. The van der Waals surface area contributed by atoms with Crippen molar-refractivity contribution in [2.24, 2.45) is 5.92 Å². The minimum atomic E-state index is -0.250. The molecule has 3 nitrogen and oxygen atoms in total. The molecule has 0 radical (unpaired) electrons. The first kappa shape index (κ1) is 10.5. The van der Waals surface area contributed by atoms with Gasteiger partial charge in [0, 0.05) is 13.0 Å². The van der Waals surface area contributed by atoms with Gasteiger partial charge in [0.2, 0.25) is 5.91 Å². The van der Waals surface area contributed by atoms with Gasteiger partial charge in [-0.3, -0.25) is 4.79 Å². The number of aliphatic hydroxyl groups is 1. The molecule has 76 valence electrons. The van der Waals surface area contributed by atoms with Crippen molar-refractivity contribution in [1.29, 1.82) is 0 Å². The molecule has 3 heteroatoms. The highest BCUT2D eigenvalue weighted by Crippen LogP contribution is 2.31. The van der Waals surface area contributed by atoms with Gasteiger partial charge in [-0.25, -0.2) is 0 Å². The zero-order valence-corrected chi connectivity index (χ0v) is 8.25. The number of hydrogen-bond acceptors (Lipinski definition) is 2. The molecule has 1 saturated carbocycles. The summed E-state index contributed by atoms with van der Waals surface area (Å²) >= 11 is 0. The van der Waals surface area contributed by atoms with Gasteiger partial charge < -0.3 is 10.4 Å². The standard InChI is InChI=1S/C10H19NO2/c1-8(12)3-2-6-11-10(13)7-9-4-5-9/h8-9,12H,2-7H2,1H3,(H,11,13). The lowest BCUT2D eigenvalue weighted by atomic mass is 10.2. The fraction of sp³-hybridized carbons (Fsp3) is 0.900. The maximum Gasteiger partial charge on any atom is 0.220 e. The second kappa shape index (κ2) is 5.22. The normalized spacial score (nSPS) is 18.3. The molecule has 1 fully saturated rings. The molecule has 1 unspecified atom stereocenters. The van der Waals surface area contributed by atoms with Crippen LogP contribution in [0.3, 0.4) is 0 Å². The van der Waals surface area contributed by atoms with Crippen molar-refractivity contribution in [2.75, 3.05) is 6.54 Å². The van der Waals surface area contributed by atoms with Gasteiger partial charge in [0.1, 0.15) is 0 Å². The van der Waals surface area contributed by atoms with Crippen LogP contribution in [0.1, 0.15) is 39.0 Å². The van der Waals surface area contributed by atoms with E-state index in [9.17, 15) is 4.79 Å². The summed E-state index contributed by atoms with van der Waals surface area (Å²) in [6.07, 6.45) is 4.54. The van der Waals surface area contributed by atoms with E-state index in [1.54, 1.807) is 6.92 Å². The number of hydrogen-bond donors (Lipinski definition) is 2. The molecular weight excluding hydrogens is 166 g/mol. The molecule has 1 aliphatic carbocycles. The summed E-state index contributed by atoms with van der Waals surface area (Å²) in [5.74, 6) is 0.838. The predicted octanol–water partition coefficient (Wildman–Crippen LogP) is 1.06. The lowest BCUT2D eigenvalue weighted by Gasteiger charge is -2.05. The number of carbonyl (C=O) groups excluding carboxylic acids is 1. The van der Waals surface area contributed by atoms with Gasteiger partial charge in [0.15, 0.2) is 0 Å². The van der Waals surface area contributed by atoms with E-state index >= 15 is 0 Å². The molecule has 0 aromatic carbocycles. The number of aliphatic hydroxyl groups excluding tert-OH is 1. The number of amides is 1. The average molecular weight is 185 g/mol. The Morgan fingerprint density at radius 2 is 2.31 bits per heavy atom. The smallest absolute Gasteiger partial charge is 0.220 e. The third-order valence-electron chi connectivity index (χ3n) is 2.29. The Balaban J connectivity index is 1.89. The van der Waals surface area contributed by atoms with Gasteiger partial charge >= 0.3 is 0 Å². The van der Waals surface area contributed by atoms with Crippen molar-refractivity contribution in [3.05, 3.63) is 0 Å². The van der Waals surface area contributed by atoms with Crippen LogP contribution in [0.4, 0.5) is 0 Å². The lowest BCUT2D eigenvalue weighted by molar-refractivity contribution is -0.121. The van der Waals surface area contributed by atoms with Crippen molar-refractivity contribution in [3.8, 4) is 0 Å². The van der Waals surface area contributed by atoms with E-state index in [0.29, 0.717) is 18.9 Å². The topological polar surface area (TPSA) is 49.3 Å². The highest BCUT2D eigenvalue weighted by molar-refractivity contribution is 5.76. The van der Waals surface area contributed by atoms with E-state index in [-0.39, 0.29) is 12.0 Å². The van der Waals surface area contributed by atoms with Gasteiger partial charge in [-0.2, -0.15) is 0 Å². The zero-order chi connectivity index (χ0) is 9.68. The molecule has 0 bridgehead atoms. The van der Waals surface area contributed by atoms with Crippen molar-refractivity contribution < 1.29 is 9.90 Å². The van der Waals surface area contributed by atoms with Gasteiger partial charge in [-0.1, -0.05) is 0 Å². The second-order valence-electron chi connectivity index (χ2n) is 3.99. The van der Waals surface area contributed by atoms with Gasteiger partial charge in [-0.05, 0) is 38.5 Å². The molecular formula is C10H19NO2. The van der Waals surface area contributed by atoms with E-state index in [1.165, 1.54) is 12.8 Å². The van der Waals surface area contributed by atoms with Crippen molar-refractivity contribution >= 4 is 5.91 Å². The summed E-state index contributed by atoms with van der Waals surface area (Å²) < 4.78 is 0. The van der Waals surface area contributed by atoms with Crippen LogP contribution in [0.2, 0.25) is 0 Å². The van der Waals surface area contributed by atoms with E-state index in [1.807, 2.05) is 0 Å². The van der Waals surface area contributed by atoms with E-state index in [4.69, 9.17) is 5.11 Å². The van der Waals surface area contributed by atoms with Crippen LogP contribution in [-0.4, -0.2) is 23.7 Å². The summed E-state index contributed by atoms with van der Waals surface area (Å²) in [6.45, 7) is 2.47. The summed E-state index contributed by atoms with van der Waals surface area (Å²) in [6, 6.07) is 0. The third kappa shape index (κ3) is 5.64. The molecule has 0 aromatic heterocycles. The predicted molar refractivity (Wildman–Crippen MR) is 51.3 cm³/mol. The second-order valence-corrected chi connectivity index (χ2v) is 3.99. The Morgan fingerprint density at radius 3 is 2.85 bits per heavy atom. The molecule has 1 rings (SSSR count). The minimum absolute atomic E-state index is 0.174. The van der Waals surface area contributed by atoms with Crippen LogP contribution in [0.15, 0.2) is 0 Å². The molecule has 0 aliphatic heterocycles. The van der Waals surface area contributed by atoms with Crippen molar-refractivity contribution in [3.63, 3.8) is 0 Å². The highest BCUT2D eigenvalue weighted by atomic mass is 16.3. The van der Waals surface area contributed by atoms with Gasteiger partial charge in [0.05, 0.1) is 6.10 Å². The molecule has 0 heterocycles. The molecule has 2 N–H and O–H groups in total. The van der Waals surface area contributed by atoms with E-state index < -0.39 is 0 Å². The van der Waals surface area contributed by atoms with E-state index in [2.05, 4.69) is 5.32 Å². The number of carbonyl (C=O) groups is 1. The quantitative estimate of drug-likeness (QED) is 0.608. The zero-order valence-electron chi connectivity index (χ0n) is 8.25. The Hall–Kier alpha value is -0.570. The molecule has 0 spiro atoms. The van der Waals surface area contributed by atoms with Crippen LogP contribution >= 0.6 is 0 Å². The monoisotopic (exact) mass is 185 g/mol. The van der Waals surface area contributed by atoms with Gasteiger partial charge in [-0.15, -0.1) is 0 Å². The van der Waals surface area contributed by atoms with Crippen LogP contribution in [0, 0.1) is 5.92 Å². The molecule has 13 heavy (non-hydrogen) atoms. The third-order valence-corrected chi connectivity index (χ3v) is 2.29. The fourth-order valence-electron chi connectivity index (χ4n) is 1.28. The molecule has 0 aromatic rings. The SMILES string of the molecule is CC(O)CCCNC(=O)CC1CC1. The van der Waals surface area contributed by atoms with Crippen molar-refractivity contribution in [2.45, 2.75) is 45.1 Å². The maximum absolute atomic E-state index is 11.2. The van der Waals surface area contributed by atoms with Crippen LogP contribution in [-0.2, 0) is 4.79 Å². The van der Waals surface area contributed by atoms with Crippen molar-refractivity contribution in [1.82, 2.24) is 5.32 Å². The summed E-state index contributed by atoms with van der Waals surface area (Å²) in [4.78, 5) is 11.2. The molecule has 0 saturated heterocycles. The fourth-order valence-corrected chi connectivity index (χ4v) is 1.28. The molecule has 1 amide bonds. The molecule has 1 atom stereocenters. The Labute approximate surface area is 79.5 Å². The summed E-state index contributed by atoms with van der Waals surface area (Å²) in [5.41, 5.74) is 0. The Kier molecular flexibility index (Phi) is 4.22. The van der Waals surface area contributed by atoms with Crippen LogP contribution in [0.25, 0.3) is 0 Å². The van der Waals surface area contributed by atoms with Crippen LogP contribution < -0.4 is 5.32 Å². The van der Waals surface area contributed by atoms with Crippen LogP contribution in [0.5, 0.6) is 0 Å².